The van der Waals surface area contributed by atoms with E-state index in [2.05, 4.69) is 0 Å². The predicted octanol–water partition coefficient (Wildman–Crippen LogP) is 8.68. The van der Waals surface area contributed by atoms with Crippen molar-refractivity contribution in [1.82, 2.24) is 0 Å². The highest BCUT2D eigenvalue weighted by molar-refractivity contribution is 5.93. The maximum absolute atomic E-state index is 14.5. The third-order valence-electron chi connectivity index (χ3n) is 12.5. The summed E-state index contributed by atoms with van der Waals surface area (Å²) in [5, 5.41) is 0. The zero-order valence-corrected chi connectivity index (χ0v) is 41.6. The maximum Gasteiger partial charge on any atom is 0.340 e. The zero-order chi connectivity index (χ0) is 54.4. The largest absolute Gasteiger partial charge is 0.459 e. The summed E-state index contributed by atoms with van der Waals surface area (Å²) in [4.78, 5) is 99.1. The Balaban J connectivity index is 1.18. The molecule has 7 aromatic rings. The van der Waals surface area contributed by atoms with Gasteiger partial charge in [0.2, 0.25) is 12.4 Å². The van der Waals surface area contributed by atoms with Crippen molar-refractivity contribution in [2.45, 2.75) is 68.3 Å². The van der Waals surface area contributed by atoms with Gasteiger partial charge >= 0.3 is 41.8 Å². The molecule has 2 saturated heterocycles. The fourth-order valence-electron chi connectivity index (χ4n) is 8.58. The molecule has 0 saturated carbocycles. The summed E-state index contributed by atoms with van der Waals surface area (Å²) in [5.74, 6) is -6.50. The molecule has 0 radical (unpaired) electrons. The van der Waals surface area contributed by atoms with Crippen LogP contribution in [-0.2, 0) is 47.4 Å². The minimum Gasteiger partial charge on any atom is -0.459 e. The van der Waals surface area contributed by atoms with Crippen molar-refractivity contribution >= 4 is 41.8 Å². The van der Waals surface area contributed by atoms with Crippen LogP contribution in [0.5, 0.6) is 0 Å². The molecular weight excluding hydrogens is 1000 g/mol. The minimum atomic E-state index is -1.93. The second kappa shape index (κ2) is 25.5. The summed E-state index contributed by atoms with van der Waals surface area (Å²) in [6.07, 6.45) is -17.5. The van der Waals surface area contributed by atoms with Crippen molar-refractivity contribution in [2.24, 2.45) is 0 Å². The van der Waals surface area contributed by atoms with Crippen LogP contribution in [0.15, 0.2) is 212 Å². The van der Waals surface area contributed by atoms with Gasteiger partial charge in [-0.05, 0) is 91.9 Å². The van der Waals surface area contributed by atoms with E-state index in [1.807, 2.05) is 0 Å². The molecule has 0 aliphatic carbocycles. The summed E-state index contributed by atoms with van der Waals surface area (Å²) in [7, 11) is 0. The molecule has 78 heavy (non-hydrogen) atoms. The second-order valence-electron chi connectivity index (χ2n) is 17.8. The fraction of sp³-hybridized carbons (Fsp3) is 0.197. The average Bonchev–Trinajstić information content (AvgIpc) is 3.59. The van der Waals surface area contributed by atoms with E-state index < -0.39 is 110 Å². The summed E-state index contributed by atoms with van der Waals surface area (Å²) >= 11 is 0. The molecule has 2 fully saturated rings. The maximum atomic E-state index is 14.5. The zero-order valence-electron chi connectivity index (χ0n) is 41.6. The van der Waals surface area contributed by atoms with Crippen LogP contribution >= 0.6 is 0 Å². The Labute approximate surface area is 447 Å². The molecular formula is C61H50O17. The lowest BCUT2D eigenvalue weighted by atomic mass is 9.96. The first-order valence-electron chi connectivity index (χ1n) is 24.8. The van der Waals surface area contributed by atoms with Gasteiger partial charge in [0.1, 0.15) is 18.8 Å². The Hall–Kier alpha value is -9.29. The summed E-state index contributed by atoms with van der Waals surface area (Å²) in [6, 6.07) is 54.9. The first kappa shape index (κ1) is 53.5. The highest BCUT2D eigenvalue weighted by Gasteiger charge is 2.58. The Morgan fingerprint density at radius 2 is 0.577 bits per heavy atom. The normalized spacial score (nSPS) is 22.5. The second-order valence-corrected chi connectivity index (χ2v) is 17.8. The van der Waals surface area contributed by atoms with Gasteiger partial charge in [-0.15, -0.1) is 0 Å². The smallest absolute Gasteiger partial charge is 0.340 e. The van der Waals surface area contributed by atoms with Crippen molar-refractivity contribution in [3.8, 4) is 0 Å². The van der Waals surface area contributed by atoms with Gasteiger partial charge in [0, 0.05) is 0 Å². The highest BCUT2D eigenvalue weighted by Crippen LogP contribution is 2.37. The van der Waals surface area contributed by atoms with Gasteiger partial charge in [-0.1, -0.05) is 127 Å². The lowest BCUT2D eigenvalue weighted by Gasteiger charge is -2.48. The van der Waals surface area contributed by atoms with E-state index in [0.29, 0.717) is 0 Å². The molecule has 17 heteroatoms. The number of carbonyl (C=O) groups excluding carboxylic acids is 7. The monoisotopic (exact) mass is 1050 g/mol. The molecule has 0 N–H and O–H groups in total. The SMILES string of the molecule is C[C@H]1O[C@H](O[C@H]2[C@H](OC(=O)c3ccccc3)[C@H](OC(=O)c3ccccc3)[C@@H](OC(=O)c3ccccc3)O[C@@H]2COC(=O)c2ccccc2)[C@H](OC(=O)c2ccccc2)[C@@H](OC(=O)c2ccccc2)[C@H]1OC(=O)c1ccccc1. The van der Waals surface area contributed by atoms with Crippen LogP contribution < -0.4 is 0 Å². The van der Waals surface area contributed by atoms with Crippen molar-refractivity contribution in [2.75, 3.05) is 6.61 Å². The number of benzene rings is 7. The molecule has 0 amide bonds. The van der Waals surface area contributed by atoms with Crippen molar-refractivity contribution in [3.63, 3.8) is 0 Å². The topological polar surface area (TPSA) is 212 Å². The molecule has 10 atom stereocenters. The van der Waals surface area contributed by atoms with E-state index in [4.69, 9.17) is 47.4 Å². The van der Waals surface area contributed by atoms with E-state index in [9.17, 15) is 33.6 Å². The summed E-state index contributed by atoms with van der Waals surface area (Å²) in [5.41, 5.74) is 0.491. The lowest BCUT2D eigenvalue weighted by Crippen LogP contribution is -2.67. The van der Waals surface area contributed by atoms with Crippen LogP contribution in [0.1, 0.15) is 79.4 Å². The number of rotatable bonds is 17. The average molecular weight is 1060 g/mol. The van der Waals surface area contributed by atoms with E-state index in [1.165, 1.54) is 91.9 Å². The molecule has 396 valence electrons. The van der Waals surface area contributed by atoms with Crippen LogP contribution in [0.2, 0.25) is 0 Å². The molecule has 9 rings (SSSR count). The molecule has 2 aliphatic rings. The quantitative estimate of drug-likeness (QED) is 0.0616. The molecule has 0 bridgehead atoms. The summed E-state index contributed by atoms with van der Waals surface area (Å²) in [6.45, 7) is 0.766. The number of hydrogen-bond acceptors (Lipinski definition) is 17. The van der Waals surface area contributed by atoms with Crippen LogP contribution in [0.3, 0.4) is 0 Å². The first-order chi connectivity index (χ1) is 38.0. The third kappa shape index (κ3) is 13.2. The molecule has 0 unspecified atom stereocenters. The molecule has 2 aliphatic heterocycles. The van der Waals surface area contributed by atoms with Gasteiger partial charge in [0.05, 0.1) is 45.0 Å². The summed E-state index contributed by atoms with van der Waals surface area (Å²) < 4.78 is 62.9. The van der Waals surface area contributed by atoms with Gasteiger partial charge in [0.15, 0.2) is 30.7 Å². The van der Waals surface area contributed by atoms with Crippen LogP contribution in [0, 0.1) is 0 Å². The van der Waals surface area contributed by atoms with E-state index in [-0.39, 0.29) is 38.9 Å². The Morgan fingerprint density at radius 3 is 0.923 bits per heavy atom. The predicted molar refractivity (Wildman–Crippen MR) is 275 cm³/mol. The van der Waals surface area contributed by atoms with Gasteiger partial charge < -0.3 is 47.4 Å². The highest BCUT2D eigenvalue weighted by atomic mass is 16.8. The van der Waals surface area contributed by atoms with E-state index >= 15 is 0 Å². The van der Waals surface area contributed by atoms with Gasteiger partial charge in [-0.3, -0.25) is 0 Å². The number of esters is 7. The van der Waals surface area contributed by atoms with Gasteiger partial charge in [0.25, 0.3) is 0 Å². The Bertz CT molecular complexity index is 3150. The first-order valence-corrected chi connectivity index (χ1v) is 24.8. The molecule has 0 aromatic heterocycles. The van der Waals surface area contributed by atoms with Gasteiger partial charge in [-0.2, -0.15) is 0 Å². The fourth-order valence-corrected chi connectivity index (χ4v) is 8.58. The molecule has 17 nitrogen and oxygen atoms in total. The van der Waals surface area contributed by atoms with Crippen LogP contribution in [-0.4, -0.2) is 110 Å². The third-order valence-corrected chi connectivity index (χ3v) is 12.5. The molecule has 2 heterocycles. The minimum absolute atomic E-state index is 0.0222. The van der Waals surface area contributed by atoms with Crippen LogP contribution in [0.25, 0.3) is 0 Å². The Morgan fingerprint density at radius 1 is 0.308 bits per heavy atom. The van der Waals surface area contributed by atoms with Crippen molar-refractivity contribution in [3.05, 3.63) is 251 Å². The number of hydrogen-bond donors (Lipinski definition) is 0. The van der Waals surface area contributed by atoms with E-state index in [0.717, 1.165) is 0 Å². The standard InChI is InChI=1S/C61H50O17/c1-38-47(72-54(63)40-25-11-3-12-26-40)49(73-55(64)41-27-13-4-14-28-41)51(75-57(66)43-31-17-6-18-32-43)60(70-38)77-48-46(37-69-53(62)39-23-9-2-10-24-39)71-61(78-59(68)45-35-21-8-22-36-45)52(76-58(67)44-33-19-7-20-34-44)50(48)74-56(65)42-29-15-5-16-30-42/h2-36,38,46-52,60-61H,37H2,1H3/t38-,46-,47+,48-,49+,50+,51-,52+,60-,61-/m1/s1. The molecule has 0 spiro atoms. The lowest BCUT2D eigenvalue weighted by molar-refractivity contribution is -0.348. The van der Waals surface area contributed by atoms with Crippen molar-refractivity contribution in [1.29, 1.82) is 0 Å². The van der Waals surface area contributed by atoms with Gasteiger partial charge in [-0.25, -0.2) is 33.6 Å². The van der Waals surface area contributed by atoms with Crippen LogP contribution in [0.4, 0.5) is 0 Å². The number of carbonyl (C=O) groups is 7. The molecule has 7 aromatic carbocycles. The number of ether oxygens (including phenoxy) is 10. The van der Waals surface area contributed by atoms with E-state index in [1.54, 1.807) is 127 Å². The Kier molecular flexibility index (Phi) is 17.5. The van der Waals surface area contributed by atoms with Crippen molar-refractivity contribution < 1.29 is 80.9 Å².